The van der Waals surface area contributed by atoms with E-state index < -0.39 is 0 Å². The van der Waals surface area contributed by atoms with E-state index in [0.29, 0.717) is 17.9 Å². The summed E-state index contributed by atoms with van der Waals surface area (Å²) in [7, 11) is 1.64. The molecule has 0 spiro atoms. The predicted molar refractivity (Wildman–Crippen MR) is 96.7 cm³/mol. The molecule has 0 saturated carbocycles. The Balaban J connectivity index is 2.08. The Labute approximate surface area is 142 Å². The second kappa shape index (κ2) is 6.51. The van der Waals surface area contributed by atoms with Gasteiger partial charge in [-0.2, -0.15) is 0 Å². The van der Waals surface area contributed by atoms with Crippen LogP contribution in [0.15, 0.2) is 35.9 Å². The van der Waals surface area contributed by atoms with Crippen molar-refractivity contribution < 1.29 is 9.59 Å². The van der Waals surface area contributed by atoms with Crippen molar-refractivity contribution in [2.45, 2.75) is 32.7 Å². The molecular formula is C19H23N3O2. The fourth-order valence-electron chi connectivity index (χ4n) is 3.27. The molecule has 24 heavy (non-hydrogen) atoms. The fourth-order valence-corrected chi connectivity index (χ4v) is 3.27. The average molecular weight is 325 g/mol. The number of rotatable bonds is 2. The molecule has 126 valence electrons. The number of para-hydroxylation sites is 1. The highest BCUT2D eigenvalue weighted by atomic mass is 16.2. The molecule has 5 nitrogen and oxygen atoms in total. The molecule has 5 heteroatoms. The predicted octanol–water partition coefficient (Wildman–Crippen LogP) is 2.92. The lowest BCUT2D eigenvalue weighted by Gasteiger charge is -2.24. The van der Waals surface area contributed by atoms with Crippen molar-refractivity contribution in [2.75, 3.05) is 17.7 Å². The summed E-state index contributed by atoms with van der Waals surface area (Å²) < 4.78 is 0. The molecule has 1 aliphatic carbocycles. The number of carbonyl (C=O) groups excluding carboxylic acids is 2. The Morgan fingerprint density at radius 2 is 2.08 bits per heavy atom. The van der Waals surface area contributed by atoms with E-state index in [1.807, 2.05) is 37.3 Å². The Kier molecular flexibility index (Phi) is 4.42. The van der Waals surface area contributed by atoms with Gasteiger partial charge >= 0.3 is 0 Å². The van der Waals surface area contributed by atoms with Gasteiger partial charge in [-0.1, -0.05) is 25.1 Å². The molecule has 3 rings (SSSR count). The molecular weight excluding hydrogens is 302 g/mol. The maximum Gasteiger partial charge on any atom is 0.250 e. The van der Waals surface area contributed by atoms with Gasteiger partial charge in [-0.05, 0) is 37.0 Å². The van der Waals surface area contributed by atoms with Crippen LogP contribution in [-0.4, -0.2) is 24.9 Å². The number of hydrogen-bond acceptors (Lipinski definition) is 3. The van der Waals surface area contributed by atoms with E-state index in [2.05, 4.69) is 22.9 Å². The summed E-state index contributed by atoms with van der Waals surface area (Å²) in [6.45, 7) is 4.15. The van der Waals surface area contributed by atoms with Crippen LogP contribution in [0, 0.1) is 5.92 Å². The first-order valence-corrected chi connectivity index (χ1v) is 8.33. The van der Waals surface area contributed by atoms with Gasteiger partial charge in [-0.15, -0.1) is 0 Å². The molecule has 0 radical (unpaired) electrons. The lowest BCUT2D eigenvalue weighted by atomic mass is 9.84. The van der Waals surface area contributed by atoms with Crippen LogP contribution in [0.2, 0.25) is 0 Å². The number of fused-ring (bicyclic) bond motifs is 1. The van der Waals surface area contributed by atoms with Crippen LogP contribution in [0.3, 0.4) is 0 Å². The highest BCUT2D eigenvalue weighted by Crippen LogP contribution is 2.40. The molecule has 1 unspecified atom stereocenters. The summed E-state index contributed by atoms with van der Waals surface area (Å²) in [6.07, 6.45) is 5.19. The van der Waals surface area contributed by atoms with Gasteiger partial charge in [-0.3, -0.25) is 9.59 Å². The third-order valence-electron chi connectivity index (χ3n) is 4.55. The first kappa shape index (κ1) is 16.3. The normalized spacial score (nSPS) is 23.0. The minimum atomic E-state index is -0.0731. The third-order valence-corrected chi connectivity index (χ3v) is 4.55. The van der Waals surface area contributed by atoms with Crippen molar-refractivity contribution in [2.24, 2.45) is 5.92 Å². The van der Waals surface area contributed by atoms with E-state index in [0.717, 1.165) is 28.9 Å². The van der Waals surface area contributed by atoms with Gasteiger partial charge in [0.25, 0.3) is 5.91 Å². The molecule has 1 aromatic rings. The van der Waals surface area contributed by atoms with Crippen molar-refractivity contribution in [1.29, 1.82) is 0 Å². The summed E-state index contributed by atoms with van der Waals surface area (Å²) in [6, 6.07) is 5.95. The highest BCUT2D eigenvalue weighted by molar-refractivity contribution is 6.02. The molecule has 2 aliphatic rings. The molecule has 3 N–H and O–H groups in total. The van der Waals surface area contributed by atoms with Crippen LogP contribution in [-0.2, 0) is 9.59 Å². The van der Waals surface area contributed by atoms with Crippen molar-refractivity contribution in [1.82, 2.24) is 5.32 Å². The van der Waals surface area contributed by atoms with Gasteiger partial charge in [0, 0.05) is 30.6 Å². The molecule has 0 fully saturated rings. The van der Waals surface area contributed by atoms with Crippen molar-refractivity contribution in [3.63, 3.8) is 0 Å². The molecule has 1 heterocycles. The summed E-state index contributed by atoms with van der Waals surface area (Å²) in [4.78, 5) is 24.0. The summed E-state index contributed by atoms with van der Waals surface area (Å²) in [5.74, 6) is 0.250. The fraction of sp³-hybridized carbons (Fsp3) is 0.368. The first-order valence-electron chi connectivity index (χ1n) is 8.33. The van der Waals surface area contributed by atoms with E-state index in [1.54, 1.807) is 7.05 Å². The number of anilines is 2. The minimum Gasteiger partial charge on any atom is -0.380 e. The lowest BCUT2D eigenvalue weighted by Crippen LogP contribution is -2.21. The highest BCUT2D eigenvalue weighted by Gasteiger charge is 2.24. The van der Waals surface area contributed by atoms with E-state index in [9.17, 15) is 9.59 Å². The van der Waals surface area contributed by atoms with Crippen LogP contribution in [0.4, 0.5) is 11.4 Å². The molecule has 2 amide bonds. The van der Waals surface area contributed by atoms with Gasteiger partial charge in [-0.25, -0.2) is 0 Å². The maximum atomic E-state index is 12.0. The number of amides is 2. The van der Waals surface area contributed by atoms with Crippen molar-refractivity contribution in [3.05, 3.63) is 41.5 Å². The standard InChI is InChI=1S/C19H23N3O2/c1-11-7-8-13(19(24)20-3)10-15(11)14-5-4-6-16-18(14)21-12(2)9-17(23)22-16/h4-6,8,10-12,21H,7,9H2,1-3H3,(H,20,24)(H,22,23)/t11?,12-/m1/s1. The number of benzene rings is 1. The summed E-state index contributed by atoms with van der Waals surface area (Å²) >= 11 is 0. The van der Waals surface area contributed by atoms with Gasteiger partial charge in [0.2, 0.25) is 5.91 Å². The zero-order valence-corrected chi connectivity index (χ0v) is 14.3. The Morgan fingerprint density at radius 3 is 2.83 bits per heavy atom. The Hall–Kier alpha value is -2.56. The van der Waals surface area contributed by atoms with Gasteiger partial charge in [0.15, 0.2) is 0 Å². The van der Waals surface area contributed by atoms with Crippen LogP contribution >= 0.6 is 0 Å². The maximum absolute atomic E-state index is 12.0. The van der Waals surface area contributed by atoms with E-state index in [1.165, 1.54) is 0 Å². The zero-order chi connectivity index (χ0) is 17.3. The van der Waals surface area contributed by atoms with Crippen LogP contribution in [0.25, 0.3) is 5.57 Å². The molecule has 0 saturated heterocycles. The van der Waals surface area contributed by atoms with E-state index in [-0.39, 0.29) is 17.9 Å². The average Bonchev–Trinajstić information content (AvgIpc) is 2.70. The van der Waals surface area contributed by atoms with Crippen LogP contribution < -0.4 is 16.0 Å². The monoisotopic (exact) mass is 325 g/mol. The summed E-state index contributed by atoms with van der Waals surface area (Å²) in [5, 5.41) is 9.11. The molecule has 0 aromatic heterocycles. The van der Waals surface area contributed by atoms with Gasteiger partial charge < -0.3 is 16.0 Å². The van der Waals surface area contributed by atoms with Crippen LogP contribution in [0.1, 0.15) is 32.3 Å². The molecule has 1 aromatic carbocycles. The lowest BCUT2D eigenvalue weighted by molar-refractivity contribution is -0.117. The Morgan fingerprint density at radius 1 is 1.29 bits per heavy atom. The smallest absolute Gasteiger partial charge is 0.250 e. The number of nitrogens with one attached hydrogen (secondary N) is 3. The zero-order valence-electron chi connectivity index (χ0n) is 14.3. The van der Waals surface area contributed by atoms with E-state index in [4.69, 9.17) is 0 Å². The number of likely N-dealkylation sites (N-methyl/N-ethyl adjacent to an activating group) is 1. The topological polar surface area (TPSA) is 70.2 Å². The molecule has 1 aliphatic heterocycles. The summed E-state index contributed by atoms with van der Waals surface area (Å²) in [5.41, 5.74) is 4.58. The Bertz CT molecular complexity index is 749. The second-order valence-electron chi connectivity index (χ2n) is 6.50. The molecule has 2 atom stereocenters. The number of hydrogen-bond donors (Lipinski definition) is 3. The van der Waals surface area contributed by atoms with Gasteiger partial charge in [0.1, 0.15) is 0 Å². The van der Waals surface area contributed by atoms with E-state index >= 15 is 0 Å². The minimum absolute atomic E-state index is 0.0162. The van der Waals surface area contributed by atoms with Crippen molar-refractivity contribution in [3.8, 4) is 0 Å². The number of carbonyl (C=O) groups is 2. The largest absolute Gasteiger partial charge is 0.380 e. The van der Waals surface area contributed by atoms with Gasteiger partial charge in [0.05, 0.1) is 11.4 Å². The SMILES string of the molecule is CNC(=O)C1=CCC(C)C(c2cccc3c2N[C@H](C)CC(=O)N3)=C1. The van der Waals surface area contributed by atoms with Crippen LogP contribution in [0.5, 0.6) is 0 Å². The van der Waals surface area contributed by atoms with Crippen molar-refractivity contribution >= 4 is 28.8 Å². The quantitative estimate of drug-likeness (QED) is 0.783. The third kappa shape index (κ3) is 3.07. The molecule has 0 bridgehead atoms. The second-order valence-corrected chi connectivity index (χ2v) is 6.50. The number of allylic oxidation sites excluding steroid dienone is 2. The first-order chi connectivity index (χ1) is 11.5.